The molecule has 0 aliphatic carbocycles. The third-order valence-corrected chi connectivity index (χ3v) is 5.49. The summed E-state index contributed by atoms with van der Waals surface area (Å²) in [5, 5.41) is 11.8. The Balaban J connectivity index is 1.73. The Morgan fingerprint density at radius 3 is 2.34 bits per heavy atom. The molecule has 1 aromatic heterocycles. The average Bonchev–Trinajstić information content (AvgIpc) is 2.86. The summed E-state index contributed by atoms with van der Waals surface area (Å²) in [5.41, 5.74) is 1.40. The molecular weight excluding hydrogens is 454 g/mol. The third-order valence-electron chi connectivity index (χ3n) is 5.49. The Labute approximate surface area is 203 Å². The number of benzene rings is 1. The summed E-state index contributed by atoms with van der Waals surface area (Å²) in [6, 6.07) is 9.64. The lowest BCUT2D eigenvalue weighted by Gasteiger charge is -2.35. The number of carbonyl (C=O) groups is 4. The molecule has 1 fully saturated rings. The number of nitrogens with one attached hydrogen (secondary N) is 1. The zero-order valence-electron chi connectivity index (χ0n) is 19.8. The minimum atomic E-state index is -1.08. The number of amides is 3. The second kappa shape index (κ2) is 11.9. The van der Waals surface area contributed by atoms with Gasteiger partial charge in [0.05, 0.1) is 6.61 Å². The van der Waals surface area contributed by atoms with Crippen molar-refractivity contribution < 1.29 is 29.0 Å². The molecule has 3 amide bonds. The first-order valence-electron chi connectivity index (χ1n) is 11.4. The van der Waals surface area contributed by atoms with Crippen LogP contribution in [0.25, 0.3) is 11.4 Å². The molecule has 0 bridgehead atoms. The molecule has 1 atom stereocenters. The zero-order chi connectivity index (χ0) is 25.4. The number of nitrogens with zero attached hydrogens (tertiary/aromatic N) is 4. The minimum Gasteiger partial charge on any atom is -0.481 e. The van der Waals surface area contributed by atoms with E-state index >= 15 is 0 Å². The van der Waals surface area contributed by atoms with E-state index in [1.807, 2.05) is 30.3 Å². The van der Waals surface area contributed by atoms with Crippen LogP contribution >= 0.6 is 0 Å². The van der Waals surface area contributed by atoms with E-state index in [4.69, 9.17) is 9.84 Å². The highest BCUT2D eigenvalue weighted by Gasteiger charge is 2.31. The van der Waals surface area contributed by atoms with Gasteiger partial charge in [0, 0.05) is 43.9 Å². The van der Waals surface area contributed by atoms with Crippen LogP contribution in [0.3, 0.4) is 0 Å². The molecule has 1 aromatic carbocycles. The van der Waals surface area contributed by atoms with Crippen LogP contribution in [-0.2, 0) is 14.3 Å². The van der Waals surface area contributed by atoms with Gasteiger partial charge in [-0.2, -0.15) is 0 Å². The van der Waals surface area contributed by atoms with Crippen LogP contribution in [0.15, 0.2) is 36.4 Å². The van der Waals surface area contributed by atoms with E-state index in [1.54, 1.807) is 13.8 Å². The topological polar surface area (TPSA) is 142 Å². The fraction of sp³-hybridized carbons (Fsp3) is 0.417. The molecule has 1 aliphatic heterocycles. The van der Waals surface area contributed by atoms with Crippen molar-refractivity contribution in [3.05, 3.63) is 47.8 Å². The molecular formula is C24H29N5O6. The van der Waals surface area contributed by atoms with Crippen molar-refractivity contribution in [3.8, 4) is 11.4 Å². The summed E-state index contributed by atoms with van der Waals surface area (Å²) in [6.07, 6.45) is -0.811. The first-order chi connectivity index (χ1) is 16.8. The third kappa shape index (κ3) is 6.98. The summed E-state index contributed by atoms with van der Waals surface area (Å²) in [5.74, 6) is -1.70. The lowest BCUT2D eigenvalue weighted by atomic mass is 10.1. The lowest BCUT2D eigenvalue weighted by Crippen LogP contribution is -2.56. The molecule has 0 saturated carbocycles. The molecule has 0 spiro atoms. The number of hydrogen-bond acceptors (Lipinski definition) is 7. The van der Waals surface area contributed by atoms with E-state index in [0.29, 0.717) is 11.5 Å². The highest BCUT2D eigenvalue weighted by atomic mass is 16.6. The lowest BCUT2D eigenvalue weighted by molar-refractivity contribution is -0.138. The van der Waals surface area contributed by atoms with Crippen LogP contribution in [0, 0.1) is 6.92 Å². The first-order valence-corrected chi connectivity index (χ1v) is 11.4. The van der Waals surface area contributed by atoms with E-state index in [2.05, 4.69) is 15.3 Å². The van der Waals surface area contributed by atoms with Gasteiger partial charge in [-0.1, -0.05) is 30.3 Å². The molecule has 11 nitrogen and oxygen atoms in total. The predicted molar refractivity (Wildman–Crippen MR) is 126 cm³/mol. The molecule has 3 rings (SSSR count). The maximum Gasteiger partial charge on any atom is 0.409 e. The number of aromatic nitrogens is 2. The van der Waals surface area contributed by atoms with Gasteiger partial charge in [-0.3, -0.25) is 14.4 Å². The maximum absolute atomic E-state index is 13.2. The molecule has 0 unspecified atom stereocenters. The van der Waals surface area contributed by atoms with Gasteiger partial charge in [-0.25, -0.2) is 14.8 Å². The van der Waals surface area contributed by atoms with E-state index in [1.165, 1.54) is 15.9 Å². The molecule has 2 aromatic rings. The number of hydrogen-bond donors (Lipinski definition) is 2. The standard InChI is InChI=1S/C24H29N5O6/c1-3-35-24(34)29-13-11-28(12-14-29)23(33)18(9-10-20(30)31)27-22(32)19-15-16(2)25-21(26-19)17-7-5-4-6-8-17/h4-8,15,18H,3,9-14H2,1-2H3,(H,27,32)(H,30,31)/t18-/m0/s1. The van der Waals surface area contributed by atoms with Gasteiger partial charge >= 0.3 is 12.1 Å². The van der Waals surface area contributed by atoms with Crippen molar-refractivity contribution in [2.75, 3.05) is 32.8 Å². The smallest absolute Gasteiger partial charge is 0.409 e. The van der Waals surface area contributed by atoms with Gasteiger partial charge in [-0.05, 0) is 26.3 Å². The fourth-order valence-corrected chi connectivity index (χ4v) is 3.70. The van der Waals surface area contributed by atoms with Gasteiger partial charge in [0.2, 0.25) is 5.91 Å². The van der Waals surface area contributed by atoms with Crippen molar-refractivity contribution in [3.63, 3.8) is 0 Å². The Morgan fingerprint density at radius 1 is 1.06 bits per heavy atom. The average molecular weight is 484 g/mol. The van der Waals surface area contributed by atoms with E-state index < -0.39 is 29.9 Å². The van der Waals surface area contributed by atoms with Gasteiger partial charge in [-0.15, -0.1) is 0 Å². The monoisotopic (exact) mass is 483 g/mol. The Bertz CT molecular complexity index is 1070. The summed E-state index contributed by atoms with van der Waals surface area (Å²) in [4.78, 5) is 61.1. The summed E-state index contributed by atoms with van der Waals surface area (Å²) in [7, 11) is 0. The van der Waals surface area contributed by atoms with Crippen LogP contribution in [-0.4, -0.2) is 87.6 Å². The molecule has 2 heterocycles. The molecule has 186 valence electrons. The molecule has 1 saturated heterocycles. The number of piperazine rings is 1. The van der Waals surface area contributed by atoms with Crippen LogP contribution in [0.1, 0.15) is 35.9 Å². The quantitative estimate of drug-likeness (QED) is 0.578. The van der Waals surface area contributed by atoms with E-state index in [0.717, 1.165) is 5.56 Å². The van der Waals surface area contributed by atoms with Crippen molar-refractivity contribution in [1.82, 2.24) is 25.1 Å². The van der Waals surface area contributed by atoms with Crippen molar-refractivity contribution in [2.45, 2.75) is 32.7 Å². The Morgan fingerprint density at radius 2 is 1.71 bits per heavy atom. The molecule has 11 heteroatoms. The van der Waals surface area contributed by atoms with E-state index in [-0.39, 0.29) is 51.3 Å². The van der Waals surface area contributed by atoms with Gasteiger partial charge in [0.25, 0.3) is 5.91 Å². The minimum absolute atomic E-state index is 0.0758. The van der Waals surface area contributed by atoms with E-state index in [9.17, 15) is 19.2 Å². The van der Waals surface area contributed by atoms with Crippen molar-refractivity contribution in [1.29, 1.82) is 0 Å². The highest BCUT2D eigenvalue weighted by molar-refractivity contribution is 5.96. The molecule has 35 heavy (non-hydrogen) atoms. The Kier molecular flexibility index (Phi) is 8.71. The predicted octanol–water partition coefficient (Wildman–Crippen LogP) is 1.72. The summed E-state index contributed by atoms with van der Waals surface area (Å²) >= 11 is 0. The number of carbonyl (C=O) groups excluding carboxylic acids is 3. The fourth-order valence-electron chi connectivity index (χ4n) is 3.70. The molecule has 2 N–H and O–H groups in total. The van der Waals surface area contributed by atoms with Crippen molar-refractivity contribution >= 4 is 23.9 Å². The van der Waals surface area contributed by atoms with Crippen LogP contribution in [0.2, 0.25) is 0 Å². The Hall–Kier alpha value is -4.02. The summed E-state index contributed by atoms with van der Waals surface area (Å²) in [6.45, 7) is 4.79. The van der Waals surface area contributed by atoms with Crippen molar-refractivity contribution in [2.24, 2.45) is 0 Å². The number of ether oxygens (including phenoxy) is 1. The molecule has 0 radical (unpaired) electrons. The number of carboxylic acids is 1. The number of carboxylic acid groups (broad SMARTS) is 1. The molecule has 1 aliphatic rings. The number of aryl methyl sites for hydroxylation is 1. The number of rotatable bonds is 8. The van der Waals surface area contributed by atoms with Gasteiger partial charge in [0.1, 0.15) is 11.7 Å². The second-order valence-corrected chi connectivity index (χ2v) is 8.05. The zero-order valence-corrected chi connectivity index (χ0v) is 19.8. The van der Waals surface area contributed by atoms with Crippen LogP contribution in [0.5, 0.6) is 0 Å². The largest absolute Gasteiger partial charge is 0.481 e. The van der Waals surface area contributed by atoms with Crippen LogP contribution < -0.4 is 5.32 Å². The number of aliphatic carboxylic acids is 1. The maximum atomic E-state index is 13.2. The highest BCUT2D eigenvalue weighted by Crippen LogP contribution is 2.16. The second-order valence-electron chi connectivity index (χ2n) is 8.05. The first kappa shape index (κ1) is 25.6. The normalized spacial score (nSPS) is 14.2. The SMILES string of the molecule is CCOC(=O)N1CCN(C(=O)[C@H](CCC(=O)O)NC(=O)c2cc(C)nc(-c3ccccc3)n2)CC1. The van der Waals surface area contributed by atoms with Gasteiger partial charge in [0.15, 0.2) is 5.82 Å². The van der Waals surface area contributed by atoms with Crippen LogP contribution in [0.4, 0.5) is 4.79 Å². The summed E-state index contributed by atoms with van der Waals surface area (Å²) < 4.78 is 4.99. The van der Waals surface area contributed by atoms with Gasteiger partial charge < -0.3 is 25.0 Å².